The molecule has 10 nitrogen and oxygen atoms in total. The number of thiophene rings is 1. The molecule has 2 aliphatic rings. The molecule has 3 aromatic heterocycles. The van der Waals surface area contributed by atoms with E-state index in [1.165, 1.54) is 29.8 Å². The number of para-hydroxylation sites is 1. The molecule has 0 saturated heterocycles. The molecule has 9 rings (SSSR count). The second kappa shape index (κ2) is 16.6. The molecule has 0 unspecified atom stereocenters. The van der Waals surface area contributed by atoms with E-state index in [1.807, 2.05) is 61.5 Å². The number of aromatic nitrogens is 4. The summed E-state index contributed by atoms with van der Waals surface area (Å²) in [5, 5.41) is 1.14. The molecule has 0 radical (unpaired) electrons. The van der Waals surface area contributed by atoms with E-state index in [4.69, 9.17) is 40.3 Å². The molecular weight excluding hydrogens is 767 g/mol. The van der Waals surface area contributed by atoms with Crippen LogP contribution in [0, 0.1) is 12.7 Å². The Morgan fingerprint density at radius 2 is 1.79 bits per heavy atom. The summed E-state index contributed by atoms with van der Waals surface area (Å²) in [6.45, 7) is 4.46. The van der Waals surface area contributed by atoms with Crippen LogP contribution in [0.15, 0.2) is 97.5 Å². The van der Waals surface area contributed by atoms with Crippen molar-refractivity contribution < 1.29 is 32.9 Å². The van der Waals surface area contributed by atoms with Gasteiger partial charge in [0.2, 0.25) is 12.0 Å². The van der Waals surface area contributed by atoms with Crippen molar-refractivity contribution in [3.8, 4) is 50.3 Å². The average Bonchev–Trinajstić information content (AvgIpc) is 3.62. The summed E-state index contributed by atoms with van der Waals surface area (Å²) >= 11 is 8.47. The number of ether oxygens (including phenoxy) is 5. The summed E-state index contributed by atoms with van der Waals surface area (Å²) < 4.78 is 44.5. The molecule has 57 heavy (non-hydrogen) atoms. The van der Waals surface area contributed by atoms with Crippen molar-refractivity contribution in [1.29, 1.82) is 0 Å². The summed E-state index contributed by atoms with van der Waals surface area (Å²) in [6, 6.07) is 25.2. The number of hydrogen-bond acceptors (Lipinski definition) is 11. The summed E-state index contributed by atoms with van der Waals surface area (Å²) in [5.74, 6) is 0.941. The highest BCUT2D eigenvalue weighted by Gasteiger charge is 2.29. The molecule has 0 N–H and O–H groups in total. The zero-order chi connectivity index (χ0) is 39.5. The minimum absolute atomic E-state index is 0.0760. The Morgan fingerprint density at radius 1 is 0.947 bits per heavy atom. The predicted octanol–water partition coefficient (Wildman–Crippen LogP) is 9.75. The van der Waals surface area contributed by atoms with Gasteiger partial charge in [-0.15, -0.1) is 11.3 Å². The Balaban J connectivity index is 1.22. The highest BCUT2D eigenvalue weighted by Crippen LogP contribution is 2.49. The molecule has 4 aromatic carbocycles. The Kier molecular flexibility index (Phi) is 11.1. The van der Waals surface area contributed by atoms with E-state index in [-0.39, 0.29) is 44.5 Å². The maximum Gasteiger partial charge on any atom is 0.347 e. The number of carbonyl (C=O) groups is 1. The molecule has 5 heterocycles. The van der Waals surface area contributed by atoms with Gasteiger partial charge in [-0.25, -0.2) is 29.1 Å². The Labute approximate surface area is 337 Å². The molecule has 13 heteroatoms. The fourth-order valence-corrected chi connectivity index (χ4v) is 8.18. The molecule has 288 valence electrons. The molecule has 0 spiro atoms. The van der Waals surface area contributed by atoms with E-state index in [9.17, 15) is 9.18 Å². The van der Waals surface area contributed by atoms with Crippen LogP contribution in [0.4, 0.5) is 4.39 Å². The third-order valence-corrected chi connectivity index (χ3v) is 11.3. The topological polar surface area (TPSA) is 115 Å². The van der Waals surface area contributed by atoms with Crippen LogP contribution < -0.4 is 14.2 Å². The fraction of sp³-hybridized carbons (Fsp3) is 0.205. The standard InChI is InChI=1S/C44H36ClFN4O6S/c1-4-54-44(51)36-20-29-19-26(9-16-34(29)55-23-31-17-18-47-41(50-31)33-7-5-6-8-35(33)52-3)21-53-22-28-12-15-32(25(2)39(28)45)37-38-42(56-36)48-24-49-43(38)57-40(37)27-10-13-30(46)14-11-27/h5-19,24,36H,4,20-23H2,1-3H3/t36-/m1/s1. The molecule has 2 aliphatic heterocycles. The van der Waals surface area contributed by atoms with E-state index < -0.39 is 12.1 Å². The van der Waals surface area contributed by atoms with Gasteiger partial charge in [0.15, 0.2) is 5.82 Å². The lowest BCUT2D eigenvalue weighted by molar-refractivity contribution is -0.151. The Bertz CT molecular complexity index is 2600. The Morgan fingerprint density at radius 3 is 2.61 bits per heavy atom. The molecule has 0 amide bonds. The molecule has 0 fully saturated rings. The minimum atomic E-state index is -1.14. The first kappa shape index (κ1) is 37.9. The molecule has 0 saturated carbocycles. The molecule has 1 atom stereocenters. The van der Waals surface area contributed by atoms with Crippen molar-refractivity contribution in [2.45, 2.75) is 46.2 Å². The zero-order valence-corrected chi connectivity index (χ0v) is 32.8. The van der Waals surface area contributed by atoms with E-state index in [2.05, 4.69) is 15.0 Å². The first-order chi connectivity index (χ1) is 27.8. The number of methoxy groups -OCH3 is 1. The van der Waals surface area contributed by atoms with Crippen molar-refractivity contribution >= 4 is 39.1 Å². The molecule has 4 bridgehead atoms. The molecule has 7 aromatic rings. The third-order valence-electron chi connectivity index (χ3n) is 9.59. The SMILES string of the molecule is CCOC(=O)[C@H]1Cc2cc(ccc2OCc2ccnc(-c3ccccc3OC)n2)COCc2ccc(c(C)c2Cl)-c2c(-c3ccc(F)cc3)sc3ncnc(c23)O1. The van der Waals surface area contributed by atoms with Crippen LogP contribution in [0.3, 0.4) is 0 Å². The highest BCUT2D eigenvalue weighted by atomic mass is 35.5. The van der Waals surface area contributed by atoms with Gasteiger partial charge in [-0.3, -0.25) is 0 Å². The molecular formula is C44H36ClFN4O6S. The van der Waals surface area contributed by atoms with Crippen molar-refractivity contribution in [2.24, 2.45) is 0 Å². The van der Waals surface area contributed by atoms with Crippen molar-refractivity contribution in [3.05, 3.63) is 136 Å². The summed E-state index contributed by atoms with van der Waals surface area (Å²) in [7, 11) is 1.61. The monoisotopic (exact) mass is 802 g/mol. The second-order valence-corrected chi connectivity index (χ2v) is 14.6. The van der Waals surface area contributed by atoms with Crippen molar-refractivity contribution in [1.82, 2.24) is 19.9 Å². The van der Waals surface area contributed by atoms with Crippen LogP contribution in [-0.4, -0.2) is 45.7 Å². The number of fused-ring (bicyclic) bond motifs is 6. The van der Waals surface area contributed by atoms with Crippen LogP contribution in [0.25, 0.3) is 43.2 Å². The number of hydrogen-bond donors (Lipinski definition) is 0. The number of nitrogens with zero attached hydrogens (tertiary/aromatic N) is 4. The summed E-state index contributed by atoms with van der Waals surface area (Å²) in [5.41, 5.74) is 6.90. The fourth-order valence-electron chi connectivity index (χ4n) is 6.81. The second-order valence-electron chi connectivity index (χ2n) is 13.2. The van der Waals surface area contributed by atoms with Gasteiger partial charge < -0.3 is 23.7 Å². The van der Waals surface area contributed by atoms with Gasteiger partial charge >= 0.3 is 5.97 Å². The van der Waals surface area contributed by atoms with Gasteiger partial charge in [-0.05, 0) is 89.7 Å². The number of benzene rings is 4. The number of halogens is 2. The molecule has 0 aliphatic carbocycles. The predicted molar refractivity (Wildman–Crippen MR) is 216 cm³/mol. The third kappa shape index (κ3) is 7.89. The van der Waals surface area contributed by atoms with Gasteiger partial charge in [-0.2, -0.15) is 0 Å². The minimum Gasteiger partial charge on any atom is -0.496 e. The van der Waals surface area contributed by atoms with Crippen molar-refractivity contribution in [2.75, 3.05) is 13.7 Å². The highest BCUT2D eigenvalue weighted by molar-refractivity contribution is 7.22. The lowest BCUT2D eigenvalue weighted by atomic mass is 9.94. The van der Waals surface area contributed by atoms with E-state index in [0.717, 1.165) is 43.8 Å². The summed E-state index contributed by atoms with van der Waals surface area (Å²) in [6.07, 6.45) is 2.02. The average molecular weight is 803 g/mol. The normalized spacial score (nSPS) is 13.9. The van der Waals surface area contributed by atoms with Gasteiger partial charge in [0, 0.05) is 28.1 Å². The van der Waals surface area contributed by atoms with Crippen molar-refractivity contribution in [3.63, 3.8) is 0 Å². The van der Waals surface area contributed by atoms with Crippen LogP contribution in [0.5, 0.6) is 17.4 Å². The number of carbonyl (C=O) groups excluding carboxylic acids is 1. The smallest absolute Gasteiger partial charge is 0.347 e. The van der Waals surface area contributed by atoms with Crippen LogP contribution >= 0.6 is 22.9 Å². The van der Waals surface area contributed by atoms with Gasteiger partial charge in [0.1, 0.15) is 35.1 Å². The van der Waals surface area contributed by atoms with Gasteiger partial charge in [0.25, 0.3) is 0 Å². The lowest BCUT2D eigenvalue weighted by Gasteiger charge is -2.21. The number of esters is 1. The van der Waals surface area contributed by atoms with E-state index in [1.54, 1.807) is 38.4 Å². The van der Waals surface area contributed by atoms with E-state index >= 15 is 0 Å². The first-order valence-corrected chi connectivity index (χ1v) is 19.4. The largest absolute Gasteiger partial charge is 0.496 e. The van der Waals surface area contributed by atoms with Crippen LogP contribution in [0.1, 0.15) is 34.9 Å². The zero-order valence-electron chi connectivity index (χ0n) is 31.3. The Hall–Kier alpha value is -5.95. The van der Waals surface area contributed by atoms with Gasteiger partial charge in [0.05, 0.1) is 43.6 Å². The maximum atomic E-state index is 14.1. The van der Waals surface area contributed by atoms with Gasteiger partial charge in [-0.1, -0.05) is 54.1 Å². The maximum absolute atomic E-state index is 14.1. The quantitative estimate of drug-likeness (QED) is 0.138. The lowest BCUT2D eigenvalue weighted by Crippen LogP contribution is -2.32. The van der Waals surface area contributed by atoms with Crippen LogP contribution in [-0.2, 0) is 40.5 Å². The summed E-state index contributed by atoms with van der Waals surface area (Å²) in [4.78, 5) is 33.7. The first-order valence-electron chi connectivity index (χ1n) is 18.2. The van der Waals surface area contributed by atoms with Crippen LogP contribution in [0.2, 0.25) is 5.02 Å². The number of rotatable bonds is 8. The van der Waals surface area contributed by atoms with E-state index in [0.29, 0.717) is 43.8 Å².